The highest BCUT2D eigenvalue weighted by Gasteiger charge is 2.20. The molecule has 0 aliphatic carbocycles. The molecule has 0 amide bonds. The molecule has 0 saturated carbocycles. The van der Waals surface area contributed by atoms with Crippen molar-refractivity contribution >= 4 is 10.8 Å². The molecule has 1 heterocycles. The molecular weight excluding hydrogens is 272 g/mol. The lowest BCUT2D eigenvalue weighted by Gasteiger charge is -2.14. The van der Waals surface area contributed by atoms with E-state index in [0.717, 1.165) is 24.8 Å². The number of hydrogen-bond donors (Lipinski definition) is 1. The molecule has 0 radical (unpaired) electrons. The Morgan fingerprint density at radius 3 is 2.77 bits per heavy atom. The molecule has 3 nitrogen and oxygen atoms in total. The number of ether oxygens (including phenoxy) is 1. The van der Waals surface area contributed by atoms with Crippen LogP contribution in [0.15, 0.2) is 36.4 Å². The van der Waals surface area contributed by atoms with Gasteiger partial charge in [0.25, 0.3) is 0 Å². The van der Waals surface area contributed by atoms with E-state index in [2.05, 4.69) is 47.5 Å². The number of likely N-dealkylation sites (tertiary alicyclic amines) is 1. The van der Waals surface area contributed by atoms with Gasteiger partial charge in [-0.15, -0.1) is 0 Å². The van der Waals surface area contributed by atoms with Gasteiger partial charge in [0.15, 0.2) is 0 Å². The van der Waals surface area contributed by atoms with Crippen LogP contribution in [0.25, 0.3) is 10.8 Å². The van der Waals surface area contributed by atoms with Crippen LogP contribution in [0.5, 0.6) is 5.75 Å². The molecule has 1 fully saturated rings. The van der Waals surface area contributed by atoms with Gasteiger partial charge in [-0.05, 0) is 66.5 Å². The van der Waals surface area contributed by atoms with E-state index in [-0.39, 0.29) is 0 Å². The molecule has 118 valence electrons. The molecule has 1 aliphatic rings. The molecular formula is C19H26N2O. The molecule has 0 spiro atoms. The Morgan fingerprint density at radius 1 is 1.18 bits per heavy atom. The van der Waals surface area contributed by atoms with Crippen LogP contribution in [0.4, 0.5) is 0 Å². The lowest BCUT2D eigenvalue weighted by atomic mass is 10.1. The van der Waals surface area contributed by atoms with E-state index >= 15 is 0 Å². The smallest absolute Gasteiger partial charge is 0.119 e. The molecule has 1 unspecified atom stereocenters. The summed E-state index contributed by atoms with van der Waals surface area (Å²) in [7, 11) is 1.71. The molecule has 3 heteroatoms. The van der Waals surface area contributed by atoms with Crippen molar-refractivity contribution in [2.24, 2.45) is 5.92 Å². The zero-order valence-electron chi connectivity index (χ0n) is 13.6. The van der Waals surface area contributed by atoms with Gasteiger partial charge < -0.3 is 15.0 Å². The number of hydrogen-bond acceptors (Lipinski definition) is 3. The van der Waals surface area contributed by atoms with Crippen LogP contribution < -0.4 is 10.1 Å². The number of rotatable bonds is 6. The van der Waals surface area contributed by atoms with Crippen molar-refractivity contribution in [2.45, 2.75) is 19.9 Å². The lowest BCUT2D eigenvalue weighted by molar-refractivity contribution is 0.339. The summed E-state index contributed by atoms with van der Waals surface area (Å²) in [6.45, 7) is 8.02. The van der Waals surface area contributed by atoms with Gasteiger partial charge >= 0.3 is 0 Å². The summed E-state index contributed by atoms with van der Waals surface area (Å²) in [6.07, 6.45) is 1.33. The first-order valence-electron chi connectivity index (χ1n) is 8.28. The summed E-state index contributed by atoms with van der Waals surface area (Å²) < 4.78 is 5.28. The van der Waals surface area contributed by atoms with Gasteiger partial charge in [0.1, 0.15) is 5.75 Å². The first kappa shape index (κ1) is 15.3. The largest absolute Gasteiger partial charge is 0.497 e. The molecule has 2 aromatic carbocycles. The fourth-order valence-corrected chi connectivity index (χ4v) is 3.30. The monoisotopic (exact) mass is 298 g/mol. The quantitative estimate of drug-likeness (QED) is 0.886. The van der Waals surface area contributed by atoms with E-state index in [0.29, 0.717) is 0 Å². The van der Waals surface area contributed by atoms with E-state index in [9.17, 15) is 0 Å². The molecule has 1 aliphatic heterocycles. The highest BCUT2D eigenvalue weighted by atomic mass is 16.5. The summed E-state index contributed by atoms with van der Waals surface area (Å²) in [4.78, 5) is 2.54. The summed E-state index contributed by atoms with van der Waals surface area (Å²) in [5.74, 6) is 1.73. The van der Waals surface area contributed by atoms with Gasteiger partial charge in [-0.3, -0.25) is 0 Å². The van der Waals surface area contributed by atoms with Crippen LogP contribution in [-0.2, 0) is 6.54 Å². The highest BCUT2D eigenvalue weighted by Crippen LogP contribution is 2.22. The lowest BCUT2D eigenvalue weighted by Crippen LogP contribution is -2.26. The van der Waals surface area contributed by atoms with E-state index in [1.807, 2.05) is 6.07 Å². The second-order valence-electron chi connectivity index (χ2n) is 6.23. The van der Waals surface area contributed by atoms with Crippen LogP contribution in [-0.4, -0.2) is 38.2 Å². The van der Waals surface area contributed by atoms with Gasteiger partial charge in [-0.25, -0.2) is 0 Å². The van der Waals surface area contributed by atoms with Crippen molar-refractivity contribution in [3.8, 4) is 5.75 Å². The number of nitrogens with zero attached hydrogens (tertiary/aromatic N) is 1. The van der Waals surface area contributed by atoms with Crippen LogP contribution in [0.1, 0.15) is 18.9 Å². The maximum atomic E-state index is 5.28. The minimum atomic E-state index is 0.810. The molecule has 2 aromatic rings. The van der Waals surface area contributed by atoms with Crippen LogP contribution in [0.3, 0.4) is 0 Å². The van der Waals surface area contributed by atoms with Crippen LogP contribution in [0.2, 0.25) is 0 Å². The average Bonchev–Trinajstić information content (AvgIpc) is 3.02. The van der Waals surface area contributed by atoms with Crippen molar-refractivity contribution in [3.05, 3.63) is 42.0 Å². The fourth-order valence-electron chi connectivity index (χ4n) is 3.30. The van der Waals surface area contributed by atoms with E-state index in [1.54, 1.807) is 7.11 Å². The first-order chi connectivity index (χ1) is 10.8. The molecule has 0 aromatic heterocycles. The predicted octanol–water partition coefficient (Wildman–Crippen LogP) is 3.28. The molecule has 1 saturated heterocycles. The van der Waals surface area contributed by atoms with Gasteiger partial charge in [0, 0.05) is 13.1 Å². The fraction of sp³-hybridized carbons (Fsp3) is 0.474. The second-order valence-corrected chi connectivity index (χ2v) is 6.23. The first-order valence-corrected chi connectivity index (χ1v) is 8.28. The van der Waals surface area contributed by atoms with Gasteiger partial charge in [0.05, 0.1) is 7.11 Å². The minimum Gasteiger partial charge on any atom is -0.497 e. The number of fused-ring (bicyclic) bond motifs is 1. The molecule has 0 bridgehead atoms. The molecule has 1 atom stereocenters. The molecule has 3 rings (SSSR count). The third-order valence-corrected chi connectivity index (χ3v) is 4.69. The topological polar surface area (TPSA) is 24.5 Å². The van der Waals surface area contributed by atoms with E-state index in [1.165, 1.54) is 42.4 Å². The Morgan fingerprint density at radius 2 is 2.00 bits per heavy atom. The normalized spacial score (nSPS) is 18.9. The Balaban J connectivity index is 1.55. The summed E-state index contributed by atoms with van der Waals surface area (Å²) in [6, 6.07) is 12.9. The van der Waals surface area contributed by atoms with Crippen LogP contribution in [0, 0.1) is 5.92 Å². The molecule has 22 heavy (non-hydrogen) atoms. The Hall–Kier alpha value is -1.58. The summed E-state index contributed by atoms with van der Waals surface area (Å²) in [5, 5.41) is 6.13. The summed E-state index contributed by atoms with van der Waals surface area (Å²) >= 11 is 0. The van der Waals surface area contributed by atoms with Gasteiger partial charge in [-0.2, -0.15) is 0 Å². The third kappa shape index (κ3) is 3.60. The van der Waals surface area contributed by atoms with Gasteiger partial charge in [0.2, 0.25) is 0 Å². The second kappa shape index (κ2) is 7.12. The van der Waals surface area contributed by atoms with Crippen LogP contribution >= 0.6 is 0 Å². The zero-order chi connectivity index (χ0) is 15.4. The number of methoxy groups -OCH3 is 1. The zero-order valence-corrected chi connectivity index (χ0v) is 13.6. The highest BCUT2D eigenvalue weighted by molar-refractivity contribution is 5.84. The number of nitrogens with one attached hydrogen (secondary N) is 1. The van der Waals surface area contributed by atoms with Crippen molar-refractivity contribution in [3.63, 3.8) is 0 Å². The van der Waals surface area contributed by atoms with Crippen molar-refractivity contribution in [1.29, 1.82) is 0 Å². The van der Waals surface area contributed by atoms with Crippen molar-refractivity contribution in [1.82, 2.24) is 10.2 Å². The average molecular weight is 298 g/mol. The third-order valence-electron chi connectivity index (χ3n) is 4.69. The maximum absolute atomic E-state index is 5.28. The summed E-state index contributed by atoms with van der Waals surface area (Å²) in [5.41, 5.74) is 1.35. The number of benzene rings is 2. The standard InChI is InChI=1S/C19H26N2O/c1-3-21-9-8-16(14-21)13-20-12-15-4-5-18-11-19(22-2)7-6-17(18)10-15/h4-7,10-11,16,20H,3,8-9,12-14H2,1-2H3. The Bertz CT molecular complexity index is 626. The SMILES string of the molecule is CCN1CCC(CNCc2ccc3cc(OC)ccc3c2)C1. The van der Waals surface area contributed by atoms with Crippen molar-refractivity contribution in [2.75, 3.05) is 33.3 Å². The molecule has 1 N–H and O–H groups in total. The Kier molecular flexibility index (Phi) is 4.96. The Labute approximate surface area is 133 Å². The minimum absolute atomic E-state index is 0.810. The maximum Gasteiger partial charge on any atom is 0.119 e. The van der Waals surface area contributed by atoms with E-state index < -0.39 is 0 Å². The van der Waals surface area contributed by atoms with Crippen molar-refractivity contribution < 1.29 is 4.74 Å². The van der Waals surface area contributed by atoms with Gasteiger partial charge in [-0.1, -0.05) is 25.1 Å². The van der Waals surface area contributed by atoms with E-state index in [4.69, 9.17) is 4.74 Å². The predicted molar refractivity (Wildman–Crippen MR) is 92.4 cm³/mol.